The molecule has 2 aliphatic heterocycles. The lowest BCUT2D eigenvalue weighted by atomic mass is 9.90. The van der Waals surface area contributed by atoms with Gasteiger partial charge in [-0.05, 0) is 67.2 Å². The van der Waals surface area contributed by atoms with E-state index < -0.39 is 11.7 Å². The summed E-state index contributed by atoms with van der Waals surface area (Å²) in [6, 6.07) is 9.16. The molecule has 0 atom stereocenters. The van der Waals surface area contributed by atoms with Crippen molar-refractivity contribution in [3.63, 3.8) is 0 Å². The summed E-state index contributed by atoms with van der Waals surface area (Å²) in [6.07, 6.45) is 1.44. The van der Waals surface area contributed by atoms with E-state index in [-0.39, 0.29) is 16.7 Å². The van der Waals surface area contributed by atoms with E-state index in [2.05, 4.69) is 0 Å². The van der Waals surface area contributed by atoms with Gasteiger partial charge < -0.3 is 19.8 Å². The molecule has 36 heavy (non-hydrogen) atoms. The molecule has 1 amide bonds. The Labute approximate surface area is 213 Å². The number of carbonyl (C=O) groups excluding carboxylic acids is 1. The number of ether oxygens (including phenoxy) is 2. The fourth-order valence-electron chi connectivity index (χ4n) is 4.37. The molecule has 1 saturated heterocycles. The van der Waals surface area contributed by atoms with Gasteiger partial charge in [0, 0.05) is 34.7 Å². The van der Waals surface area contributed by atoms with Crippen LogP contribution in [-0.4, -0.2) is 42.8 Å². The maximum atomic E-state index is 13.9. The minimum Gasteiger partial charge on any atom is -0.486 e. The number of amides is 1. The second-order valence-electron chi connectivity index (χ2n) is 8.87. The molecule has 2 aromatic rings. The van der Waals surface area contributed by atoms with E-state index in [1.165, 1.54) is 18.2 Å². The van der Waals surface area contributed by atoms with Crippen molar-refractivity contribution >= 4 is 29.5 Å². The fraction of sp³-hybridized carbons (Fsp3) is 0.407. The van der Waals surface area contributed by atoms with Crippen molar-refractivity contribution in [1.29, 1.82) is 5.41 Å². The maximum Gasteiger partial charge on any atom is 0.417 e. The predicted molar refractivity (Wildman–Crippen MR) is 134 cm³/mol. The van der Waals surface area contributed by atoms with Gasteiger partial charge in [0.25, 0.3) is 0 Å². The highest BCUT2D eigenvalue weighted by Crippen LogP contribution is 2.42. The molecule has 0 aliphatic carbocycles. The van der Waals surface area contributed by atoms with E-state index in [1.807, 2.05) is 6.92 Å². The summed E-state index contributed by atoms with van der Waals surface area (Å²) in [6.45, 7) is 4.00. The van der Waals surface area contributed by atoms with Crippen LogP contribution in [0, 0.1) is 11.3 Å². The number of carbonyl (C=O) groups is 1. The minimum absolute atomic E-state index is 0.0688. The summed E-state index contributed by atoms with van der Waals surface area (Å²) in [5, 5.41) is 8.13. The lowest BCUT2D eigenvalue weighted by molar-refractivity contribution is -0.139. The van der Waals surface area contributed by atoms with Crippen LogP contribution in [0.3, 0.4) is 0 Å². The summed E-state index contributed by atoms with van der Waals surface area (Å²) in [4.78, 5) is 15.0. The van der Waals surface area contributed by atoms with Crippen LogP contribution in [0.4, 0.5) is 13.2 Å². The highest BCUT2D eigenvalue weighted by Gasteiger charge is 2.34. The van der Waals surface area contributed by atoms with E-state index in [4.69, 9.17) is 14.9 Å². The lowest BCUT2D eigenvalue weighted by Crippen LogP contribution is -2.39. The molecule has 2 aromatic carbocycles. The summed E-state index contributed by atoms with van der Waals surface area (Å²) in [5.74, 6) is 1.09. The van der Waals surface area contributed by atoms with Crippen LogP contribution in [0.1, 0.15) is 43.7 Å². The van der Waals surface area contributed by atoms with Crippen molar-refractivity contribution in [2.45, 2.75) is 48.6 Å². The molecule has 0 unspecified atom stereocenters. The third-order valence-electron chi connectivity index (χ3n) is 6.29. The Kier molecular flexibility index (Phi) is 8.28. The molecule has 0 spiro atoms. The third-order valence-corrected chi connectivity index (χ3v) is 7.35. The van der Waals surface area contributed by atoms with Gasteiger partial charge in [-0.15, -0.1) is 0 Å². The Morgan fingerprint density at radius 1 is 1.11 bits per heavy atom. The Morgan fingerprint density at radius 3 is 2.53 bits per heavy atom. The molecular formula is C27H29F3N2O3S. The molecule has 2 heterocycles. The fourth-order valence-corrected chi connectivity index (χ4v) is 5.35. The smallest absolute Gasteiger partial charge is 0.417 e. The van der Waals surface area contributed by atoms with E-state index in [0.717, 1.165) is 49.2 Å². The number of alkyl halides is 3. The molecule has 192 valence electrons. The largest absolute Gasteiger partial charge is 0.486 e. The number of hydrogen-bond acceptors (Lipinski definition) is 5. The quantitative estimate of drug-likeness (QED) is 0.327. The Bertz CT molecular complexity index is 1140. The van der Waals surface area contributed by atoms with Crippen LogP contribution in [-0.2, 0) is 11.0 Å². The number of rotatable bonds is 7. The predicted octanol–water partition coefficient (Wildman–Crippen LogP) is 6.70. The second kappa shape index (κ2) is 11.4. The van der Waals surface area contributed by atoms with Crippen molar-refractivity contribution in [3.05, 3.63) is 53.6 Å². The number of halogens is 3. The van der Waals surface area contributed by atoms with Gasteiger partial charge in [0.05, 0.1) is 5.56 Å². The van der Waals surface area contributed by atoms with Crippen LogP contribution >= 0.6 is 11.8 Å². The highest BCUT2D eigenvalue weighted by molar-refractivity contribution is 7.99. The highest BCUT2D eigenvalue weighted by atomic mass is 32.2. The Morgan fingerprint density at radius 2 is 1.83 bits per heavy atom. The number of likely N-dealkylation sites (tertiary alicyclic amines) is 1. The number of nitrogens with one attached hydrogen (secondary N) is 1. The first-order valence-electron chi connectivity index (χ1n) is 12.1. The number of fused-ring (bicyclic) bond motifs is 1. The van der Waals surface area contributed by atoms with Crippen LogP contribution < -0.4 is 9.47 Å². The van der Waals surface area contributed by atoms with Gasteiger partial charge in [-0.25, -0.2) is 0 Å². The van der Waals surface area contributed by atoms with Crippen molar-refractivity contribution < 1.29 is 27.4 Å². The van der Waals surface area contributed by atoms with Gasteiger partial charge in [-0.1, -0.05) is 31.2 Å². The van der Waals surface area contributed by atoms with Crippen molar-refractivity contribution in [2.75, 3.05) is 26.3 Å². The van der Waals surface area contributed by atoms with Crippen LogP contribution in [0.5, 0.6) is 11.5 Å². The van der Waals surface area contributed by atoms with Gasteiger partial charge in [0.1, 0.15) is 13.2 Å². The zero-order valence-corrected chi connectivity index (χ0v) is 20.9. The Balaban J connectivity index is 1.44. The first kappa shape index (κ1) is 26.1. The third kappa shape index (κ3) is 6.43. The SMILES string of the molecule is CCCC(=N)C1CCN(C(=O)/C=C/c2ccc(Sc3ccc4c(c3)OCCO4)c(C(F)(F)F)c2)CC1. The molecule has 5 nitrogen and oxygen atoms in total. The van der Waals surface area contributed by atoms with E-state index in [1.54, 1.807) is 29.2 Å². The zero-order valence-electron chi connectivity index (χ0n) is 20.1. The molecule has 9 heteroatoms. The molecule has 0 aromatic heterocycles. The zero-order chi connectivity index (χ0) is 25.7. The lowest BCUT2D eigenvalue weighted by Gasteiger charge is -2.31. The maximum absolute atomic E-state index is 13.9. The molecule has 1 N–H and O–H groups in total. The van der Waals surface area contributed by atoms with Crippen molar-refractivity contribution in [3.8, 4) is 11.5 Å². The molecule has 0 saturated carbocycles. The van der Waals surface area contributed by atoms with Gasteiger partial charge in [0.15, 0.2) is 11.5 Å². The van der Waals surface area contributed by atoms with Crippen molar-refractivity contribution in [2.24, 2.45) is 5.92 Å². The molecule has 4 rings (SSSR count). The molecule has 0 radical (unpaired) electrons. The van der Waals surface area contributed by atoms with E-state index >= 15 is 0 Å². The normalized spacial score (nSPS) is 16.4. The van der Waals surface area contributed by atoms with Gasteiger partial charge in [0.2, 0.25) is 5.91 Å². The van der Waals surface area contributed by atoms with Gasteiger partial charge in [-0.2, -0.15) is 13.2 Å². The molecular weight excluding hydrogens is 489 g/mol. The van der Waals surface area contributed by atoms with Gasteiger partial charge >= 0.3 is 6.18 Å². The van der Waals surface area contributed by atoms with Crippen LogP contribution in [0.15, 0.2) is 52.3 Å². The number of piperidine rings is 1. The average molecular weight is 519 g/mol. The summed E-state index contributed by atoms with van der Waals surface area (Å²) in [7, 11) is 0. The van der Waals surface area contributed by atoms with Crippen molar-refractivity contribution in [1.82, 2.24) is 4.90 Å². The van der Waals surface area contributed by atoms with Gasteiger partial charge in [-0.3, -0.25) is 4.79 Å². The summed E-state index contributed by atoms with van der Waals surface area (Å²) < 4.78 is 52.6. The number of benzene rings is 2. The van der Waals surface area contributed by atoms with Crippen LogP contribution in [0.2, 0.25) is 0 Å². The van der Waals surface area contributed by atoms with Crippen LogP contribution in [0.25, 0.3) is 6.08 Å². The second-order valence-corrected chi connectivity index (χ2v) is 9.98. The molecule has 0 bridgehead atoms. The standard InChI is InChI=1S/C27H29F3N2O3S/c1-2-3-22(31)19-10-12-32(13-11-19)26(33)9-5-18-4-8-25(21(16-18)27(28,29)30)36-20-6-7-23-24(17-20)35-15-14-34-23/h4-9,16-17,19,31H,2-3,10-15H2,1H3/b9-5+,31-22?. The number of hydrogen-bond donors (Lipinski definition) is 1. The summed E-state index contributed by atoms with van der Waals surface area (Å²) >= 11 is 1.00. The molecule has 1 fully saturated rings. The monoisotopic (exact) mass is 518 g/mol. The number of nitrogens with zero attached hydrogens (tertiary/aromatic N) is 1. The first-order chi connectivity index (χ1) is 17.2. The average Bonchev–Trinajstić information content (AvgIpc) is 2.87. The molecule has 2 aliphatic rings. The Hall–Kier alpha value is -2.94. The van der Waals surface area contributed by atoms with E-state index in [0.29, 0.717) is 48.3 Å². The van der Waals surface area contributed by atoms with E-state index in [9.17, 15) is 18.0 Å². The first-order valence-corrected chi connectivity index (χ1v) is 12.9. The minimum atomic E-state index is -4.55. The topological polar surface area (TPSA) is 62.6 Å². The summed E-state index contributed by atoms with van der Waals surface area (Å²) in [5.41, 5.74) is 0.295.